The Bertz CT molecular complexity index is 381. The average Bonchev–Trinajstić information content (AvgIpc) is 2.55. The Hall–Kier alpha value is -0.130. The van der Waals surface area contributed by atoms with Crippen LogP contribution >= 0.6 is 0 Å². The van der Waals surface area contributed by atoms with E-state index in [9.17, 15) is 18.1 Å². The molecule has 0 spiro atoms. The van der Waals surface area contributed by atoms with Crippen molar-refractivity contribution in [1.29, 1.82) is 0 Å². The van der Waals surface area contributed by atoms with Crippen LogP contribution in [-0.2, 0) is 10.1 Å². The summed E-state index contributed by atoms with van der Waals surface area (Å²) >= 11 is 0. The monoisotopic (exact) mass is 378 g/mol. The van der Waals surface area contributed by atoms with Crippen molar-refractivity contribution in [2.24, 2.45) is 0 Å². The highest BCUT2D eigenvalue weighted by Crippen LogP contribution is 2.18. The van der Waals surface area contributed by atoms with Crippen LogP contribution in [0, 0.1) is 0 Å². The molecule has 2 atom stereocenters. The molecule has 0 aromatic heterocycles. The molecule has 25 heavy (non-hydrogen) atoms. The highest BCUT2D eigenvalue weighted by molar-refractivity contribution is 7.86. The largest absolute Gasteiger partial charge is 0.393 e. The Morgan fingerprint density at radius 2 is 1.12 bits per heavy atom. The van der Waals surface area contributed by atoms with Crippen LogP contribution in [0.4, 0.5) is 0 Å². The number of aliphatic hydroxyl groups is 1. The Morgan fingerprint density at radius 1 is 0.640 bits per heavy atom. The van der Waals surface area contributed by atoms with Crippen LogP contribution in [0.15, 0.2) is 0 Å². The summed E-state index contributed by atoms with van der Waals surface area (Å²) in [6.45, 7) is 4.16. The molecule has 0 aliphatic carbocycles. The maximum Gasteiger partial charge on any atom is 0.267 e. The van der Waals surface area contributed by atoms with Gasteiger partial charge in [0, 0.05) is 0 Å². The SMILES string of the molecule is CCCCCCCCCCCCC(O)CCCC(CCC)S(=O)(=O)O. The molecule has 2 unspecified atom stereocenters. The fraction of sp³-hybridized carbons (Fsp3) is 1.00. The van der Waals surface area contributed by atoms with Gasteiger partial charge in [0.05, 0.1) is 11.4 Å². The molecule has 0 bridgehead atoms. The second-order valence-corrected chi connectivity index (χ2v) is 9.18. The predicted molar refractivity (Wildman–Crippen MR) is 107 cm³/mol. The summed E-state index contributed by atoms with van der Waals surface area (Å²) in [5.74, 6) is 0. The molecule has 0 aliphatic rings. The third-order valence-corrected chi connectivity index (χ3v) is 6.30. The number of hydrogen-bond acceptors (Lipinski definition) is 3. The topological polar surface area (TPSA) is 74.6 Å². The molecule has 0 fully saturated rings. The molecule has 0 aromatic rings. The van der Waals surface area contributed by atoms with Gasteiger partial charge in [-0.1, -0.05) is 84.5 Å². The van der Waals surface area contributed by atoms with Crippen molar-refractivity contribution >= 4 is 10.1 Å². The molecule has 0 aromatic carbocycles. The summed E-state index contributed by atoms with van der Waals surface area (Å²) in [7, 11) is -3.94. The van der Waals surface area contributed by atoms with Gasteiger partial charge in [0.1, 0.15) is 0 Å². The van der Waals surface area contributed by atoms with Crippen molar-refractivity contribution < 1.29 is 18.1 Å². The lowest BCUT2D eigenvalue weighted by atomic mass is 10.0. The van der Waals surface area contributed by atoms with Gasteiger partial charge in [-0.15, -0.1) is 0 Å². The average molecular weight is 379 g/mol. The van der Waals surface area contributed by atoms with E-state index in [1.807, 2.05) is 6.92 Å². The van der Waals surface area contributed by atoms with Gasteiger partial charge in [0.2, 0.25) is 0 Å². The van der Waals surface area contributed by atoms with Gasteiger partial charge in [0.25, 0.3) is 10.1 Å². The number of unbranched alkanes of at least 4 members (excludes halogenated alkanes) is 9. The van der Waals surface area contributed by atoms with Crippen molar-refractivity contribution in [2.45, 2.75) is 128 Å². The van der Waals surface area contributed by atoms with Gasteiger partial charge in [0.15, 0.2) is 0 Å². The van der Waals surface area contributed by atoms with Crippen LogP contribution < -0.4 is 0 Å². The van der Waals surface area contributed by atoms with Crippen LogP contribution in [0.25, 0.3) is 0 Å². The fourth-order valence-electron chi connectivity index (χ4n) is 3.36. The van der Waals surface area contributed by atoms with Crippen molar-refractivity contribution in [3.05, 3.63) is 0 Å². The molecule has 0 aliphatic heterocycles. The summed E-state index contributed by atoms with van der Waals surface area (Å²) in [6, 6.07) is 0. The molecule has 0 radical (unpaired) electrons. The van der Waals surface area contributed by atoms with E-state index in [0.29, 0.717) is 25.7 Å². The normalized spacial score (nSPS) is 14.6. The minimum Gasteiger partial charge on any atom is -0.393 e. The molecule has 0 rings (SSSR count). The first-order valence-corrected chi connectivity index (χ1v) is 12.1. The smallest absolute Gasteiger partial charge is 0.267 e. The van der Waals surface area contributed by atoms with Gasteiger partial charge in [-0.2, -0.15) is 8.42 Å². The molecule has 2 N–H and O–H groups in total. The summed E-state index contributed by atoms with van der Waals surface area (Å²) in [4.78, 5) is 0. The molecule has 0 saturated heterocycles. The van der Waals surface area contributed by atoms with E-state index in [-0.39, 0.29) is 6.10 Å². The van der Waals surface area contributed by atoms with E-state index >= 15 is 0 Å². The summed E-state index contributed by atoms with van der Waals surface area (Å²) < 4.78 is 31.7. The van der Waals surface area contributed by atoms with E-state index in [1.54, 1.807) is 0 Å². The van der Waals surface area contributed by atoms with E-state index < -0.39 is 15.4 Å². The van der Waals surface area contributed by atoms with Crippen molar-refractivity contribution in [3.63, 3.8) is 0 Å². The Morgan fingerprint density at radius 3 is 1.60 bits per heavy atom. The maximum atomic E-state index is 11.3. The third-order valence-electron chi connectivity index (χ3n) is 4.99. The lowest BCUT2D eigenvalue weighted by Gasteiger charge is -2.14. The molecule has 5 heteroatoms. The zero-order valence-corrected chi connectivity index (χ0v) is 17.4. The molecule has 0 saturated carbocycles. The molecular weight excluding hydrogens is 336 g/mol. The van der Waals surface area contributed by atoms with Crippen molar-refractivity contribution in [2.75, 3.05) is 0 Å². The van der Waals surface area contributed by atoms with Crippen LogP contribution in [-0.4, -0.2) is 29.4 Å². The van der Waals surface area contributed by atoms with E-state index in [2.05, 4.69) is 6.92 Å². The van der Waals surface area contributed by atoms with Gasteiger partial charge in [-0.05, 0) is 32.1 Å². The van der Waals surface area contributed by atoms with E-state index in [1.165, 1.54) is 57.8 Å². The molecule has 0 amide bonds. The van der Waals surface area contributed by atoms with E-state index in [4.69, 9.17) is 0 Å². The van der Waals surface area contributed by atoms with Gasteiger partial charge in [-0.25, -0.2) is 0 Å². The quantitative estimate of drug-likeness (QED) is 0.230. The second kappa shape index (κ2) is 16.1. The van der Waals surface area contributed by atoms with Crippen molar-refractivity contribution in [1.82, 2.24) is 0 Å². The zero-order valence-electron chi connectivity index (χ0n) is 16.6. The summed E-state index contributed by atoms with van der Waals surface area (Å²) in [5, 5.41) is 9.34. The molecule has 0 heterocycles. The lowest BCUT2D eigenvalue weighted by Crippen LogP contribution is -2.21. The molecule has 152 valence electrons. The first-order chi connectivity index (χ1) is 11.9. The molecular formula is C20H42O4S. The Labute approximate surface area is 156 Å². The standard InChI is InChI=1S/C20H42O4S/c1-3-5-6-7-8-9-10-11-12-13-16-19(21)17-14-18-20(15-4-2)25(22,23)24/h19-21H,3-18H2,1-2H3,(H,22,23,24). The van der Waals surface area contributed by atoms with Crippen molar-refractivity contribution in [3.8, 4) is 0 Å². The van der Waals surface area contributed by atoms with Gasteiger partial charge >= 0.3 is 0 Å². The first kappa shape index (κ1) is 24.9. The predicted octanol–water partition coefficient (Wildman–Crippen LogP) is 5.89. The Kier molecular flexibility index (Phi) is 16.0. The number of hydrogen-bond donors (Lipinski definition) is 2. The number of rotatable bonds is 18. The minimum absolute atomic E-state index is 0.335. The maximum absolute atomic E-state index is 11.3. The van der Waals surface area contributed by atoms with Crippen LogP contribution in [0.3, 0.4) is 0 Å². The third kappa shape index (κ3) is 15.8. The second-order valence-electron chi connectivity index (χ2n) is 7.48. The first-order valence-electron chi connectivity index (χ1n) is 10.6. The van der Waals surface area contributed by atoms with Crippen LogP contribution in [0.5, 0.6) is 0 Å². The van der Waals surface area contributed by atoms with E-state index in [0.717, 1.165) is 19.3 Å². The van der Waals surface area contributed by atoms with Crippen LogP contribution in [0.2, 0.25) is 0 Å². The minimum atomic E-state index is -3.94. The number of aliphatic hydroxyl groups excluding tert-OH is 1. The highest BCUT2D eigenvalue weighted by Gasteiger charge is 2.21. The fourth-order valence-corrected chi connectivity index (χ4v) is 4.36. The zero-order chi connectivity index (χ0) is 19.0. The highest BCUT2D eigenvalue weighted by atomic mass is 32.2. The summed E-state index contributed by atoms with van der Waals surface area (Å²) in [6.07, 6.45) is 16.3. The van der Waals surface area contributed by atoms with Gasteiger partial charge < -0.3 is 5.11 Å². The van der Waals surface area contributed by atoms with Crippen LogP contribution in [0.1, 0.15) is 117 Å². The molecule has 4 nitrogen and oxygen atoms in total. The Balaban J connectivity index is 3.53. The van der Waals surface area contributed by atoms with Gasteiger partial charge in [-0.3, -0.25) is 4.55 Å². The summed E-state index contributed by atoms with van der Waals surface area (Å²) in [5.41, 5.74) is 0. The lowest BCUT2D eigenvalue weighted by molar-refractivity contribution is 0.147.